The molecule has 1 aliphatic heterocycles. The summed E-state index contributed by atoms with van der Waals surface area (Å²) in [6.07, 6.45) is 0.569. The molecule has 0 spiro atoms. The standard InChI is InChI=1S/C29H26BrNO4/c1-17-7-8-18(2)20(13-17)16-31-25-12-10-21(30)14-24(25)29(35,28(31)34)15-26(32)23-11-9-19-5-3-4-6-22(19)27(23)33/h3-8,10,12-14,23,35H,9,11,15-16H2,1-2H3/t23-,29-/m1/s1. The lowest BCUT2D eigenvalue weighted by Gasteiger charge is -2.27. The number of carbonyl (C=O) groups is 3. The van der Waals surface area contributed by atoms with Gasteiger partial charge in [-0.25, -0.2) is 0 Å². The summed E-state index contributed by atoms with van der Waals surface area (Å²) in [5.74, 6) is -2.03. The molecule has 0 saturated heterocycles. The van der Waals surface area contributed by atoms with Gasteiger partial charge in [-0.15, -0.1) is 0 Å². The molecular formula is C29H26BrNO4. The zero-order valence-corrected chi connectivity index (χ0v) is 21.3. The SMILES string of the molecule is Cc1ccc(C)c(CN2C(=O)[C@@](O)(CC(=O)[C@H]3CCc4ccccc4C3=O)c3cc(Br)ccc32)c1. The maximum Gasteiger partial charge on any atom is 0.264 e. The van der Waals surface area contributed by atoms with E-state index in [4.69, 9.17) is 0 Å². The molecule has 2 aliphatic rings. The molecule has 35 heavy (non-hydrogen) atoms. The number of carbonyl (C=O) groups excluding carboxylic acids is 3. The molecule has 2 atom stereocenters. The van der Waals surface area contributed by atoms with E-state index in [1.54, 1.807) is 29.2 Å². The van der Waals surface area contributed by atoms with Crippen LogP contribution in [-0.4, -0.2) is 22.6 Å². The zero-order valence-electron chi connectivity index (χ0n) is 19.7. The molecule has 178 valence electrons. The van der Waals surface area contributed by atoms with Crippen LogP contribution >= 0.6 is 15.9 Å². The van der Waals surface area contributed by atoms with Crippen LogP contribution in [0.15, 0.2) is 65.1 Å². The molecule has 1 amide bonds. The van der Waals surface area contributed by atoms with Crippen LogP contribution < -0.4 is 4.90 Å². The zero-order chi connectivity index (χ0) is 24.9. The third-order valence-corrected chi connectivity index (χ3v) is 7.74. The van der Waals surface area contributed by atoms with Crippen molar-refractivity contribution in [2.24, 2.45) is 5.92 Å². The number of amides is 1. The highest BCUT2D eigenvalue weighted by molar-refractivity contribution is 9.10. The Labute approximate surface area is 212 Å². The number of aryl methyl sites for hydroxylation is 3. The number of hydrogen-bond acceptors (Lipinski definition) is 4. The number of nitrogens with zero attached hydrogens (tertiary/aromatic N) is 1. The molecule has 1 aliphatic carbocycles. The Morgan fingerprint density at radius 1 is 1.09 bits per heavy atom. The molecule has 5 rings (SSSR count). The average molecular weight is 532 g/mol. The summed E-state index contributed by atoms with van der Waals surface area (Å²) in [5.41, 5.74) is 3.53. The number of Topliss-reactive ketones (excluding diaryl/α,β-unsaturated/α-hetero) is 2. The van der Waals surface area contributed by atoms with E-state index in [1.807, 2.05) is 50.2 Å². The second-order valence-corrected chi connectivity index (χ2v) is 10.5. The Bertz CT molecular complexity index is 1380. The number of hydrogen-bond donors (Lipinski definition) is 1. The second-order valence-electron chi connectivity index (χ2n) is 9.60. The summed E-state index contributed by atoms with van der Waals surface area (Å²) < 4.78 is 0.700. The van der Waals surface area contributed by atoms with Gasteiger partial charge in [0.25, 0.3) is 5.91 Å². The fourth-order valence-electron chi connectivity index (χ4n) is 5.27. The van der Waals surface area contributed by atoms with Crippen LogP contribution in [0.4, 0.5) is 5.69 Å². The van der Waals surface area contributed by atoms with Crippen molar-refractivity contribution in [1.29, 1.82) is 0 Å². The molecule has 1 heterocycles. The summed E-state index contributed by atoms with van der Waals surface area (Å²) in [6, 6.07) is 18.7. The van der Waals surface area contributed by atoms with Crippen molar-refractivity contribution in [2.45, 2.75) is 45.3 Å². The van der Waals surface area contributed by atoms with E-state index >= 15 is 0 Å². The molecular weight excluding hydrogens is 506 g/mol. The highest BCUT2D eigenvalue weighted by atomic mass is 79.9. The van der Waals surface area contributed by atoms with Crippen LogP contribution in [0.3, 0.4) is 0 Å². The van der Waals surface area contributed by atoms with Crippen LogP contribution in [0.5, 0.6) is 0 Å². The van der Waals surface area contributed by atoms with Crippen molar-refractivity contribution in [2.75, 3.05) is 4.90 Å². The number of rotatable bonds is 5. The Morgan fingerprint density at radius 3 is 2.66 bits per heavy atom. The first-order valence-corrected chi connectivity index (χ1v) is 12.5. The summed E-state index contributed by atoms with van der Waals surface area (Å²) >= 11 is 3.43. The van der Waals surface area contributed by atoms with Crippen LogP contribution in [0.25, 0.3) is 0 Å². The molecule has 0 bridgehead atoms. The van der Waals surface area contributed by atoms with Crippen molar-refractivity contribution in [1.82, 2.24) is 0 Å². The molecule has 3 aromatic carbocycles. The first-order chi connectivity index (χ1) is 16.7. The third kappa shape index (κ3) is 4.05. The Balaban J connectivity index is 1.47. The first kappa shape index (κ1) is 23.6. The van der Waals surface area contributed by atoms with Gasteiger partial charge in [0, 0.05) is 22.0 Å². The molecule has 6 heteroatoms. The van der Waals surface area contributed by atoms with E-state index in [9.17, 15) is 19.5 Å². The van der Waals surface area contributed by atoms with Gasteiger partial charge in [-0.2, -0.15) is 0 Å². The lowest BCUT2D eigenvalue weighted by atomic mass is 9.77. The van der Waals surface area contributed by atoms with Gasteiger partial charge in [0.15, 0.2) is 11.4 Å². The highest BCUT2D eigenvalue weighted by Gasteiger charge is 2.52. The first-order valence-electron chi connectivity index (χ1n) is 11.7. The van der Waals surface area contributed by atoms with Gasteiger partial charge in [0.05, 0.1) is 18.2 Å². The average Bonchev–Trinajstić information content (AvgIpc) is 3.03. The summed E-state index contributed by atoms with van der Waals surface area (Å²) in [7, 11) is 0. The second kappa shape index (κ2) is 8.85. The van der Waals surface area contributed by atoms with E-state index in [0.717, 1.165) is 22.3 Å². The minimum absolute atomic E-state index is 0.229. The number of anilines is 1. The fraction of sp³-hybridized carbons (Fsp3) is 0.276. The largest absolute Gasteiger partial charge is 0.375 e. The van der Waals surface area contributed by atoms with Crippen molar-refractivity contribution in [3.63, 3.8) is 0 Å². The van der Waals surface area contributed by atoms with E-state index in [1.165, 1.54) is 0 Å². The number of fused-ring (bicyclic) bond motifs is 2. The van der Waals surface area contributed by atoms with Gasteiger partial charge in [0.2, 0.25) is 0 Å². The molecule has 5 nitrogen and oxygen atoms in total. The van der Waals surface area contributed by atoms with Crippen LogP contribution in [0, 0.1) is 19.8 Å². The van der Waals surface area contributed by atoms with Crippen molar-refractivity contribution >= 4 is 39.1 Å². The number of benzene rings is 3. The summed E-state index contributed by atoms with van der Waals surface area (Å²) in [6.45, 7) is 4.27. The van der Waals surface area contributed by atoms with Crippen molar-refractivity contribution < 1.29 is 19.5 Å². The van der Waals surface area contributed by atoms with Gasteiger partial charge >= 0.3 is 0 Å². The van der Waals surface area contributed by atoms with Crippen LogP contribution in [0.1, 0.15) is 51.0 Å². The van der Waals surface area contributed by atoms with Gasteiger partial charge in [-0.1, -0.05) is 64.0 Å². The molecule has 0 unspecified atom stereocenters. The van der Waals surface area contributed by atoms with Crippen LogP contribution in [0.2, 0.25) is 0 Å². The maximum atomic E-state index is 13.7. The molecule has 3 aromatic rings. The minimum Gasteiger partial charge on any atom is -0.375 e. The quantitative estimate of drug-likeness (QED) is 0.459. The lowest BCUT2D eigenvalue weighted by Crippen LogP contribution is -2.43. The van der Waals surface area contributed by atoms with Crippen molar-refractivity contribution in [3.05, 3.63) is 98.5 Å². The molecule has 0 saturated carbocycles. The predicted molar refractivity (Wildman–Crippen MR) is 137 cm³/mol. The summed E-state index contributed by atoms with van der Waals surface area (Å²) in [5, 5.41) is 11.7. The smallest absolute Gasteiger partial charge is 0.264 e. The minimum atomic E-state index is -2.02. The van der Waals surface area contributed by atoms with Gasteiger partial charge in [-0.3, -0.25) is 14.4 Å². The van der Waals surface area contributed by atoms with Crippen LogP contribution in [-0.2, 0) is 28.2 Å². The van der Waals surface area contributed by atoms with E-state index in [2.05, 4.69) is 15.9 Å². The molecule has 0 radical (unpaired) electrons. The van der Waals surface area contributed by atoms with E-state index < -0.39 is 29.6 Å². The molecule has 0 aromatic heterocycles. The fourth-order valence-corrected chi connectivity index (χ4v) is 5.63. The lowest BCUT2D eigenvalue weighted by molar-refractivity contribution is -0.142. The normalized spacial score (nSPS) is 21.1. The highest BCUT2D eigenvalue weighted by Crippen LogP contribution is 2.45. The monoisotopic (exact) mass is 531 g/mol. The summed E-state index contributed by atoms with van der Waals surface area (Å²) in [4.78, 5) is 41.8. The molecule has 1 N–H and O–H groups in total. The van der Waals surface area contributed by atoms with Gasteiger partial charge in [-0.05, 0) is 61.6 Å². The Hall–Kier alpha value is -3.09. The number of halogens is 1. The maximum absolute atomic E-state index is 13.7. The van der Waals surface area contributed by atoms with E-state index in [-0.39, 0.29) is 12.3 Å². The predicted octanol–water partition coefficient (Wildman–Crippen LogP) is 5.20. The topological polar surface area (TPSA) is 74.7 Å². The number of aliphatic hydroxyl groups is 1. The Morgan fingerprint density at radius 2 is 1.86 bits per heavy atom. The van der Waals surface area contributed by atoms with Gasteiger partial charge < -0.3 is 10.0 Å². The van der Waals surface area contributed by atoms with Crippen molar-refractivity contribution in [3.8, 4) is 0 Å². The van der Waals surface area contributed by atoms with Gasteiger partial charge in [0.1, 0.15) is 5.78 Å². The Kier molecular flexibility index (Phi) is 5.98. The van der Waals surface area contributed by atoms with E-state index in [0.29, 0.717) is 34.1 Å². The molecule has 0 fully saturated rings. The number of ketones is 2. The third-order valence-electron chi connectivity index (χ3n) is 7.25.